The molecule has 4 aliphatic rings. The lowest BCUT2D eigenvalue weighted by Gasteiger charge is -2.49. The Kier molecular flexibility index (Phi) is 19.5. The largest absolute Gasteiger partial charge is 0.228 e. The molecule has 19 aromatic rings. The van der Waals surface area contributed by atoms with Crippen LogP contribution in [0.5, 0.6) is 0 Å². The third-order valence-electron chi connectivity index (χ3n) is 30.2. The van der Waals surface area contributed by atoms with Crippen molar-refractivity contribution in [3.8, 4) is 147 Å². The van der Waals surface area contributed by atoms with Crippen LogP contribution in [-0.4, -0.2) is 39.9 Å². The minimum Gasteiger partial charge on any atom is -0.228 e. The predicted molar refractivity (Wildman–Crippen MR) is 535 cm³/mol. The highest BCUT2D eigenvalue weighted by atomic mass is 15.0. The lowest BCUT2D eigenvalue weighted by atomic mass is 9.54. The van der Waals surface area contributed by atoms with Crippen LogP contribution in [-0.2, 0) is 37.9 Å². The first-order chi connectivity index (χ1) is 62.3. The Labute approximate surface area is 757 Å². The fraction of sp³-hybridized carbons (Fsp3) is 0.174. The zero-order valence-electron chi connectivity index (χ0n) is 75.7. The van der Waals surface area contributed by atoms with Gasteiger partial charge in [0, 0.05) is 66.1 Å². The van der Waals surface area contributed by atoms with Gasteiger partial charge < -0.3 is 0 Å². The molecule has 3 aromatic heterocycles. The average molecular weight is 1670 g/mol. The first-order valence-electron chi connectivity index (χ1n) is 45.2. The summed E-state index contributed by atoms with van der Waals surface area (Å²) in [5.41, 5.74) is 32.5. The van der Waals surface area contributed by atoms with Crippen LogP contribution in [0.2, 0.25) is 0 Å². The number of rotatable bonds is 9. The van der Waals surface area contributed by atoms with Crippen molar-refractivity contribution in [2.24, 2.45) is 0 Å². The third kappa shape index (κ3) is 13.2. The van der Waals surface area contributed by atoms with Crippen LogP contribution in [0.1, 0.15) is 141 Å². The van der Waals surface area contributed by atoms with E-state index >= 15 is 0 Å². The van der Waals surface area contributed by atoms with Gasteiger partial charge in [0.25, 0.3) is 0 Å². The fourth-order valence-electron chi connectivity index (χ4n) is 21.2. The minimum atomic E-state index is -0.191. The molecule has 129 heavy (non-hydrogen) atoms. The molecule has 0 N–H and O–H groups in total. The Balaban J connectivity index is 0.000000118. The molecular weight excluding hydrogens is 1570 g/mol. The highest BCUT2D eigenvalue weighted by Crippen LogP contribution is 2.61. The molecule has 0 unspecified atom stereocenters. The average Bonchev–Trinajstić information content (AvgIpc) is 1.33. The molecule has 0 saturated heterocycles. The molecule has 23 rings (SSSR count). The van der Waals surface area contributed by atoms with E-state index in [9.17, 15) is 0 Å². The summed E-state index contributed by atoms with van der Waals surface area (Å²) in [6.07, 6.45) is 0. The SMILES string of the molecule is CC1(C)c2ccccc2-c2c(-c3nc(-c4ccccc4)nc(-c4ccc5c(ccc6ccccc65)c4)n3)cccc2C1(C)C.CC1(C)c2ccccc2-c2c(-c3nc(-c4ccccc4)nc(-c4cccc5c4C(C)(C)C(C)(C)c4ccccc4-5)n3)cccc21.CC1(C)c2ccccc2-c2cccc(-c3nc(-c4cccc(-c5ccccc5)c4)c4ccccc4n3)c2C1(C)C. The van der Waals surface area contributed by atoms with Crippen molar-refractivity contribution in [1.29, 1.82) is 0 Å². The summed E-state index contributed by atoms with van der Waals surface area (Å²) >= 11 is 0. The van der Waals surface area contributed by atoms with E-state index < -0.39 is 0 Å². The minimum absolute atomic E-state index is 0.0516. The van der Waals surface area contributed by atoms with E-state index in [0.29, 0.717) is 34.9 Å². The van der Waals surface area contributed by atoms with Crippen LogP contribution in [0.15, 0.2) is 364 Å². The summed E-state index contributed by atoms with van der Waals surface area (Å²) in [6.45, 7) is 33.0. The maximum absolute atomic E-state index is 5.35. The smallest absolute Gasteiger partial charge is 0.164 e. The van der Waals surface area contributed by atoms with Gasteiger partial charge in [-0.05, 0) is 162 Å². The van der Waals surface area contributed by atoms with Crippen LogP contribution in [0, 0.1) is 0 Å². The van der Waals surface area contributed by atoms with Crippen molar-refractivity contribution in [3.05, 3.63) is 408 Å². The monoisotopic (exact) mass is 1670 g/mol. The summed E-state index contributed by atoms with van der Waals surface area (Å²) in [7, 11) is 0. The number of fused-ring (bicyclic) bond motifs is 16. The van der Waals surface area contributed by atoms with E-state index in [1.165, 1.54) is 122 Å². The van der Waals surface area contributed by atoms with Crippen LogP contribution in [0.3, 0.4) is 0 Å². The Morgan fingerprint density at radius 1 is 0.171 bits per heavy atom. The maximum Gasteiger partial charge on any atom is 0.164 e. The molecule has 0 fully saturated rings. The molecule has 0 aliphatic heterocycles. The topological polar surface area (TPSA) is 103 Å². The van der Waals surface area contributed by atoms with E-state index in [2.05, 4.69) is 425 Å². The van der Waals surface area contributed by atoms with Crippen molar-refractivity contribution in [2.75, 3.05) is 0 Å². The Hall–Kier alpha value is -14.6. The number of aromatic nitrogens is 8. The molecule has 626 valence electrons. The summed E-state index contributed by atoms with van der Waals surface area (Å²) in [4.78, 5) is 41.7. The lowest BCUT2D eigenvalue weighted by molar-refractivity contribution is 0.299. The molecule has 0 spiro atoms. The molecule has 4 aliphatic carbocycles. The number of para-hydroxylation sites is 1. The molecule has 0 atom stereocenters. The van der Waals surface area contributed by atoms with Crippen molar-refractivity contribution in [2.45, 2.75) is 135 Å². The van der Waals surface area contributed by atoms with Gasteiger partial charge >= 0.3 is 0 Å². The molecule has 8 nitrogen and oxygen atoms in total. The molecule has 8 heteroatoms. The van der Waals surface area contributed by atoms with Gasteiger partial charge in [0.2, 0.25) is 0 Å². The fourth-order valence-corrected chi connectivity index (χ4v) is 21.2. The first-order valence-corrected chi connectivity index (χ1v) is 45.2. The second-order valence-corrected chi connectivity index (χ2v) is 38.9. The van der Waals surface area contributed by atoms with E-state index in [1.54, 1.807) is 0 Å². The van der Waals surface area contributed by atoms with E-state index in [-0.39, 0.29) is 37.9 Å². The summed E-state index contributed by atoms with van der Waals surface area (Å²) in [5, 5.41) is 5.94. The summed E-state index contributed by atoms with van der Waals surface area (Å²) < 4.78 is 0. The molecule has 0 radical (unpaired) electrons. The van der Waals surface area contributed by atoms with E-state index in [4.69, 9.17) is 39.9 Å². The van der Waals surface area contributed by atoms with Gasteiger partial charge in [0.15, 0.2) is 40.8 Å². The van der Waals surface area contributed by atoms with Gasteiger partial charge in [-0.25, -0.2) is 39.9 Å². The van der Waals surface area contributed by atoms with Crippen LogP contribution in [0.4, 0.5) is 0 Å². The van der Waals surface area contributed by atoms with Gasteiger partial charge in [0.1, 0.15) is 0 Å². The Morgan fingerprint density at radius 3 is 1.09 bits per heavy atom. The molecule has 3 heterocycles. The maximum atomic E-state index is 5.35. The van der Waals surface area contributed by atoms with Crippen molar-refractivity contribution >= 4 is 32.4 Å². The van der Waals surface area contributed by atoms with E-state index in [0.717, 1.165) is 66.9 Å². The third-order valence-corrected chi connectivity index (χ3v) is 30.2. The number of nitrogens with zero attached hydrogens (tertiary/aromatic N) is 8. The van der Waals surface area contributed by atoms with Gasteiger partial charge in [-0.15, -0.1) is 0 Å². The lowest BCUT2D eigenvalue weighted by Crippen LogP contribution is -2.44. The highest BCUT2D eigenvalue weighted by molar-refractivity contribution is 6.08. The molecule has 0 saturated carbocycles. The van der Waals surface area contributed by atoms with Gasteiger partial charge in [-0.1, -0.05) is 443 Å². The number of hydrogen-bond acceptors (Lipinski definition) is 8. The van der Waals surface area contributed by atoms with Gasteiger partial charge in [-0.2, -0.15) is 0 Å². The molecule has 16 aromatic carbocycles. The van der Waals surface area contributed by atoms with Crippen molar-refractivity contribution in [1.82, 2.24) is 39.9 Å². The van der Waals surface area contributed by atoms with Crippen LogP contribution in [0.25, 0.3) is 179 Å². The standard InChI is InChI=1S/C42H37N3.C41H33N3.C38H32N2/c1-40(2)32-23-12-11-19-29(32)35-30(21-15-25-34(35)40)38-43-37(26-16-8-7-9-17-26)44-39(45-38)31-22-14-20-28-27-18-10-13-24-33(27)41(3,4)42(5,6)36(28)31;1-40(2)34-19-11-10-17-32(34)36-33(18-12-20-35(36)41(40,3)4)39-43-37(27-14-6-5-7-15-27)42-38(44-39)29-23-24-31-28(25-29)22-21-26-13-8-9-16-30(26)31;1-37(2)32-22-10-8-18-28(32)29-20-13-21-31(34(29)38(37,3)4)36-39-33-23-11-9-19-30(33)35(40-36)27-17-12-16-26(24-27)25-14-6-5-7-15-25/h7-25H,1-6H3;5-25H,1-4H3;5-24H,1-4H3. The second-order valence-electron chi connectivity index (χ2n) is 38.9. The number of benzene rings is 16. The van der Waals surface area contributed by atoms with Crippen LogP contribution >= 0.6 is 0 Å². The van der Waals surface area contributed by atoms with Gasteiger partial charge in [-0.3, -0.25) is 0 Å². The summed E-state index contributed by atoms with van der Waals surface area (Å²) in [5.74, 6) is 4.91. The quantitative estimate of drug-likeness (QED) is 0.132. The van der Waals surface area contributed by atoms with Gasteiger partial charge in [0.05, 0.1) is 11.2 Å². The zero-order chi connectivity index (χ0) is 88.7. The molecule has 0 amide bonds. The number of hydrogen-bond donors (Lipinski definition) is 0. The Morgan fingerprint density at radius 2 is 0.512 bits per heavy atom. The predicted octanol–water partition coefficient (Wildman–Crippen LogP) is 30.7. The van der Waals surface area contributed by atoms with Crippen molar-refractivity contribution in [3.63, 3.8) is 0 Å². The summed E-state index contributed by atoms with van der Waals surface area (Å²) in [6, 6.07) is 129. The van der Waals surface area contributed by atoms with Crippen LogP contribution < -0.4 is 0 Å². The normalized spacial score (nSPS) is 15.3. The molecular formula is C121H102N8. The second kappa shape index (κ2) is 30.9. The zero-order valence-corrected chi connectivity index (χ0v) is 75.7. The first kappa shape index (κ1) is 81.4. The molecule has 0 bridgehead atoms. The Bertz CT molecular complexity index is 7700. The highest BCUT2D eigenvalue weighted by Gasteiger charge is 2.51. The van der Waals surface area contributed by atoms with Crippen molar-refractivity contribution < 1.29 is 0 Å². The van der Waals surface area contributed by atoms with E-state index in [1.807, 2.05) is 36.4 Å².